The van der Waals surface area contributed by atoms with E-state index in [1.54, 1.807) is 7.11 Å². The topological polar surface area (TPSA) is 35.2 Å². The largest absolute Gasteiger partial charge is 0.496 e. The van der Waals surface area contributed by atoms with Crippen molar-refractivity contribution in [1.29, 1.82) is 0 Å². The van der Waals surface area contributed by atoms with E-state index in [1.807, 2.05) is 6.07 Å². The fourth-order valence-corrected chi connectivity index (χ4v) is 1.61. The second-order valence-electron chi connectivity index (χ2n) is 3.17. The third-order valence-corrected chi connectivity index (χ3v) is 2.45. The molecular formula is C11H16ClNO. The molecule has 2 N–H and O–H groups in total. The van der Waals surface area contributed by atoms with Crippen molar-refractivity contribution in [3.05, 3.63) is 29.3 Å². The highest BCUT2D eigenvalue weighted by molar-refractivity contribution is 6.17. The van der Waals surface area contributed by atoms with Gasteiger partial charge in [0.25, 0.3) is 0 Å². The lowest BCUT2D eigenvalue weighted by molar-refractivity contribution is 0.411. The summed E-state index contributed by atoms with van der Waals surface area (Å²) in [7, 11) is 1.66. The number of hydrogen-bond acceptors (Lipinski definition) is 2. The molecule has 0 aromatic heterocycles. The molecule has 0 radical (unpaired) electrons. The summed E-state index contributed by atoms with van der Waals surface area (Å²) in [5.74, 6) is 1.34. The monoisotopic (exact) mass is 213 g/mol. The van der Waals surface area contributed by atoms with Crippen LogP contribution in [-0.4, -0.2) is 13.7 Å². The van der Waals surface area contributed by atoms with E-state index in [1.165, 1.54) is 5.56 Å². The zero-order valence-corrected chi connectivity index (χ0v) is 9.18. The first-order chi connectivity index (χ1) is 6.81. The Balaban J connectivity index is 2.79. The fraction of sp³-hybridized carbons (Fsp3) is 0.455. The number of methoxy groups -OCH3 is 1. The predicted octanol–water partition coefficient (Wildman–Crippen LogP) is 2.33. The molecule has 3 heteroatoms. The van der Waals surface area contributed by atoms with E-state index in [-0.39, 0.29) is 0 Å². The molecule has 0 saturated heterocycles. The number of aryl methyl sites for hydroxylation is 1. The van der Waals surface area contributed by atoms with E-state index in [2.05, 4.69) is 12.1 Å². The molecule has 0 aliphatic rings. The van der Waals surface area contributed by atoms with Crippen LogP contribution in [0.15, 0.2) is 18.2 Å². The number of nitrogens with two attached hydrogens (primary N) is 1. The molecule has 2 nitrogen and oxygen atoms in total. The molecule has 0 spiro atoms. The highest BCUT2D eigenvalue weighted by atomic mass is 35.5. The molecule has 0 aliphatic heterocycles. The molecule has 0 unspecified atom stereocenters. The van der Waals surface area contributed by atoms with Crippen LogP contribution in [-0.2, 0) is 12.3 Å². The first-order valence-electron chi connectivity index (χ1n) is 4.73. The van der Waals surface area contributed by atoms with Gasteiger partial charge in [0, 0.05) is 5.56 Å². The zero-order valence-electron chi connectivity index (χ0n) is 8.42. The Kier molecular flexibility index (Phi) is 4.77. The van der Waals surface area contributed by atoms with Gasteiger partial charge < -0.3 is 10.5 Å². The molecule has 0 atom stereocenters. The predicted molar refractivity (Wildman–Crippen MR) is 59.9 cm³/mol. The van der Waals surface area contributed by atoms with Crippen LogP contribution in [0.5, 0.6) is 5.75 Å². The van der Waals surface area contributed by atoms with E-state index >= 15 is 0 Å². The summed E-state index contributed by atoms with van der Waals surface area (Å²) in [4.78, 5) is 0. The average Bonchev–Trinajstić information content (AvgIpc) is 2.25. The van der Waals surface area contributed by atoms with Gasteiger partial charge >= 0.3 is 0 Å². The molecule has 1 aromatic carbocycles. The smallest absolute Gasteiger partial charge is 0.123 e. The second kappa shape index (κ2) is 5.89. The Morgan fingerprint density at radius 1 is 1.43 bits per heavy atom. The highest BCUT2D eigenvalue weighted by Crippen LogP contribution is 2.22. The lowest BCUT2D eigenvalue weighted by atomic mass is 10.1. The quantitative estimate of drug-likeness (QED) is 0.762. The number of halogens is 1. The lowest BCUT2D eigenvalue weighted by Crippen LogP contribution is -2.01. The van der Waals surface area contributed by atoms with Crippen molar-refractivity contribution >= 4 is 11.6 Å². The van der Waals surface area contributed by atoms with Gasteiger partial charge in [0.05, 0.1) is 13.0 Å². The summed E-state index contributed by atoms with van der Waals surface area (Å²) >= 11 is 5.81. The van der Waals surface area contributed by atoms with Gasteiger partial charge in [-0.25, -0.2) is 0 Å². The summed E-state index contributed by atoms with van der Waals surface area (Å²) in [6, 6.07) is 6.11. The SMILES string of the molecule is COc1ccc(CCCN)cc1CCl. The maximum absolute atomic E-state index is 5.81. The fourth-order valence-electron chi connectivity index (χ4n) is 1.40. The Hall–Kier alpha value is -0.730. The molecule has 0 amide bonds. The zero-order chi connectivity index (χ0) is 10.4. The molecule has 0 fully saturated rings. The third kappa shape index (κ3) is 2.89. The summed E-state index contributed by atoms with van der Waals surface area (Å²) < 4.78 is 5.19. The molecule has 1 rings (SSSR count). The molecule has 78 valence electrons. The normalized spacial score (nSPS) is 10.2. The van der Waals surface area contributed by atoms with Crippen molar-refractivity contribution in [3.63, 3.8) is 0 Å². The van der Waals surface area contributed by atoms with Gasteiger partial charge in [-0.05, 0) is 31.0 Å². The summed E-state index contributed by atoms with van der Waals surface area (Å²) in [6.45, 7) is 0.724. The lowest BCUT2D eigenvalue weighted by Gasteiger charge is -2.08. The van der Waals surface area contributed by atoms with Crippen LogP contribution in [0.2, 0.25) is 0 Å². The van der Waals surface area contributed by atoms with Crippen molar-refractivity contribution in [2.75, 3.05) is 13.7 Å². The molecule has 0 bridgehead atoms. The Morgan fingerprint density at radius 3 is 2.79 bits per heavy atom. The van der Waals surface area contributed by atoms with Crippen LogP contribution in [0.1, 0.15) is 17.5 Å². The van der Waals surface area contributed by atoms with Crippen molar-refractivity contribution in [1.82, 2.24) is 0 Å². The van der Waals surface area contributed by atoms with Crippen molar-refractivity contribution in [3.8, 4) is 5.75 Å². The first kappa shape index (κ1) is 11.3. The molecule has 0 saturated carbocycles. The minimum atomic E-state index is 0.486. The van der Waals surface area contributed by atoms with Crippen LogP contribution < -0.4 is 10.5 Å². The summed E-state index contributed by atoms with van der Waals surface area (Å²) in [5, 5.41) is 0. The van der Waals surface area contributed by atoms with Crippen LogP contribution in [0.25, 0.3) is 0 Å². The maximum atomic E-state index is 5.81. The van der Waals surface area contributed by atoms with Gasteiger partial charge in [0.1, 0.15) is 5.75 Å². The van der Waals surface area contributed by atoms with E-state index in [0.717, 1.165) is 30.7 Å². The van der Waals surface area contributed by atoms with Crippen LogP contribution in [0.3, 0.4) is 0 Å². The van der Waals surface area contributed by atoms with E-state index in [9.17, 15) is 0 Å². The molecule has 14 heavy (non-hydrogen) atoms. The molecule has 1 aromatic rings. The van der Waals surface area contributed by atoms with Gasteiger partial charge in [-0.1, -0.05) is 12.1 Å². The van der Waals surface area contributed by atoms with E-state index < -0.39 is 0 Å². The second-order valence-corrected chi connectivity index (χ2v) is 3.44. The van der Waals surface area contributed by atoms with Gasteiger partial charge in [-0.3, -0.25) is 0 Å². The molecule has 0 heterocycles. The van der Waals surface area contributed by atoms with E-state index in [4.69, 9.17) is 22.1 Å². The van der Waals surface area contributed by atoms with Gasteiger partial charge in [-0.2, -0.15) is 0 Å². The van der Waals surface area contributed by atoms with Crippen molar-refractivity contribution in [2.24, 2.45) is 5.73 Å². The van der Waals surface area contributed by atoms with E-state index in [0.29, 0.717) is 5.88 Å². The van der Waals surface area contributed by atoms with Crippen molar-refractivity contribution < 1.29 is 4.74 Å². The minimum absolute atomic E-state index is 0.486. The standard InChI is InChI=1S/C11H16ClNO/c1-14-11-5-4-9(3-2-6-13)7-10(11)8-12/h4-5,7H,2-3,6,8,13H2,1H3. The number of alkyl halides is 1. The highest BCUT2D eigenvalue weighted by Gasteiger charge is 2.02. The number of rotatable bonds is 5. The molecule has 0 aliphatic carbocycles. The van der Waals surface area contributed by atoms with Crippen LogP contribution >= 0.6 is 11.6 Å². The Labute approximate surface area is 90.0 Å². The van der Waals surface area contributed by atoms with Crippen LogP contribution in [0.4, 0.5) is 0 Å². The minimum Gasteiger partial charge on any atom is -0.496 e. The number of benzene rings is 1. The van der Waals surface area contributed by atoms with Gasteiger partial charge in [0.15, 0.2) is 0 Å². The van der Waals surface area contributed by atoms with Crippen molar-refractivity contribution in [2.45, 2.75) is 18.7 Å². The Bertz CT molecular complexity index is 289. The maximum Gasteiger partial charge on any atom is 0.123 e. The Morgan fingerprint density at radius 2 is 2.21 bits per heavy atom. The van der Waals surface area contributed by atoms with Crippen LogP contribution in [0, 0.1) is 0 Å². The number of ether oxygens (including phenoxy) is 1. The first-order valence-corrected chi connectivity index (χ1v) is 5.27. The summed E-state index contributed by atoms with van der Waals surface area (Å²) in [5.41, 5.74) is 7.77. The summed E-state index contributed by atoms with van der Waals surface area (Å²) in [6.07, 6.45) is 2.01. The molecular weight excluding hydrogens is 198 g/mol. The van der Waals surface area contributed by atoms with Gasteiger partial charge in [-0.15, -0.1) is 11.6 Å². The third-order valence-electron chi connectivity index (χ3n) is 2.16. The average molecular weight is 214 g/mol. The van der Waals surface area contributed by atoms with Gasteiger partial charge in [0.2, 0.25) is 0 Å². The number of hydrogen-bond donors (Lipinski definition) is 1.